The molecule has 2 nitrogen and oxygen atoms in total. The Labute approximate surface area is 91.1 Å². The van der Waals surface area contributed by atoms with Crippen LogP contribution in [0.2, 0.25) is 0 Å². The fraction of sp³-hybridized carbons (Fsp3) is 0.833. The Kier molecular flexibility index (Phi) is 2.63. The summed E-state index contributed by atoms with van der Waals surface area (Å²) in [5.41, 5.74) is -1.42. The minimum Gasteiger partial charge on any atom is -0.370 e. The zero-order valence-electron chi connectivity index (χ0n) is 9.63. The molecule has 0 radical (unpaired) electrons. The fourth-order valence-corrected chi connectivity index (χ4v) is 2.06. The van der Waals surface area contributed by atoms with E-state index in [0.29, 0.717) is 12.6 Å². The van der Waals surface area contributed by atoms with Crippen LogP contribution in [0.4, 0.5) is 4.39 Å². The van der Waals surface area contributed by atoms with E-state index in [9.17, 15) is 4.39 Å². The lowest BCUT2D eigenvalue weighted by molar-refractivity contribution is -0.000485. The van der Waals surface area contributed by atoms with Gasteiger partial charge in [-0.25, -0.2) is 4.39 Å². The molecule has 0 bridgehead atoms. The first-order chi connectivity index (χ1) is 6.99. The van der Waals surface area contributed by atoms with Gasteiger partial charge in [-0.15, -0.1) is 0 Å². The number of nitrogens with zero attached hydrogens (tertiary/aromatic N) is 1. The Balaban J connectivity index is 2.14. The van der Waals surface area contributed by atoms with E-state index in [0.717, 1.165) is 19.4 Å². The molecule has 0 aromatic heterocycles. The molecule has 1 aliphatic heterocycles. The Bertz CT molecular complexity index is 262. The van der Waals surface area contributed by atoms with Crippen molar-refractivity contribution in [1.29, 1.82) is 0 Å². The second kappa shape index (κ2) is 3.56. The summed E-state index contributed by atoms with van der Waals surface area (Å²) in [5.74, 6) is 0. The smallest absolute Gasteiger partial charge is 0.164 e. The van der Waals surface area contributed by atoms with Gasteiger partial charge >= 0.3 is 0 Å². The zero-order chi connectivity index (χ0) is 11.1. The SMILES string of the molecule is C=C[C@@]1(F)COC2(CC2)CN(C(C)C)C1. The fourth-order valence-electron chi connectivity index (χ4n) is 2.06. The van der Waals surface area contributed by atoms with E-state index in [2.05, 4.69) is 25.3 Å². The monoisotopic (exact) mass is 213 g/mol. The molecule has 0 aromatic rings. The highest BCUT2D eigenvalue weighted by molar-refractivity contribution is 5.07. The molecule has 1 heterocycles. The van der Waals surface area contributed by atoms with Crippen molar-refractivity contribution >= 4 is 0 Å². The summed E-state index contributed by atoms with van der Waals surface area (Å²) >= 11 is 0. The van der Waals surface area contributed by atoms with Crippen LogP contribution in [0.3, 0.4) is 0 Å². The Morgan fingerprint density at radius 3 is 2.53 bits per heavy atom. The molecular formula is C12H20FNO. The van der Waals surface area contributed by atoms with Gasteiger partial charge in [0, 0.05) is 19.1 Å². The molecule has 0 unspecified atom stereocenters. The highest BCUT2D eigenvalue weighted by Crippen LogP contribution is 2.43. The molecule has 2 fully saturated rings. The van der Waals surface area contributed by atoms with Gasteiger partial charge < -0.3 is 4.74 Å². The van der Waals surface area contributed by atoms with Crippen molar-refractivity contribution in [3.63, 3.8) is 0 Å². The zero-order valence-corrected chi connectivity index (χ0v) is 9.63. The van der Waals surface area contributed by atoms with E-state index in [1.54, 1.807) is 0 Å². The van der Waals surface area contributed by atoms with Crippen LogP contribution in [0.5, 0.6) is 0 Å². The molecule has 1 aliphatic carbocycles. The maximum atomic E-state index is 14.3. The maximum absolute atomic E-state index is 14.3. The minimum absolute atomic E-state index is 0.0406. The topological polar surface area (TPSA) is 12.5 Å². The van der Waals surface area contributed by atoms with Crippen LogP contribution in [-0.4, -0.2) is 41.9 Å². The van der Waals surface area contributed by atoms with Crippen molar-refractivity contribution in [2.75, 3.05) is 19.7 Å². The van der Waals surface area contributed by atoms with Crippen LogP contribution in [0.1, 0.15) is 26.7 Å². The third kappa shape index (κ3) is 2.23. The molecule has 2 rings (SSSR count). The van der Waals surface area contributed by atoms with Crippen LogP contribution < -0.4 is 0 Å². The van der Waals surface area contributed by atoms with Gasteiger partial charge in [0.05, 0.1) is 12.2 Å². The summed E-state index contributed by atoms with van der Waals surface area (Å²) in [6.07, 6.45) is 3.54. The van der Waals surface area contributed by atoms with Crippen LogP contribution in [-0.2, 0) is 4.74 Å². The van der Waals surface area contributed by atoms with Crippen LogP contribution >= 0.6 is 0 Å². The third-order valence-electron chi connectivity index (χ3n) is 3.48. The van der Waals surface area contributed by atoms with E-state index >= 15 is 0 Å². The molecule has 1 saturated carbocycles. The van der Waals surface area contributed by atoms with Crippen LogP contribution in [0, 0.1) is 0 Å². The van der Waals surface area contributed by atoms with Crippen LogP contribution in [0.15, 0.2) is 12.7 Å². The number of ether oxygens (including phenoxy) is 1. The van der Waals surface area contributed by atoms with Gasteiger partial charge in [0.15, 0.2) is 5.67 Å². The van der Waals surface area contributed by atoms with Gasteiger partial charge in [0.2, 0.25) is 0 Å². The van der Waals surface area contributed by atoms with Crippen molar-refractivity contribution < 1.29 is 9.13 Å². The second-order valence-electron chi connectivity index (χ2n) is 5.21. The average molecular weight is 213 g/mol. The van der Waals surface area contributed by atoms with Gasteiger partial charge in [0.25, 0.3) is 0 Å². The molecule has 2 aliphatic rings. The number of hydrogen-bond donors (Lipinski definition) is 0. The Morgan fingerprint density at radius 1 is 1.40 bits per heavy atom. The van der Waals surface area contributed by atoms with Crippen molar-refractivity contribution in [1.82, 2.24) is 4.90 Å². The van der Waals surface area contributed by atoms with E-state index in [1.165, 1.54) is 6.08 Å². The molecule has 0 amide bonds. The molecule has 86 valence electrons. The van der Waals surface area contributed by atoms with Gasteiger partial charge in [-0.05, 0) is 26.7 Å². The lowest BCUT2D eigenvalue weighted by Gasteiger charge is -2.29. The molecule has 0 aromatic carbocycles. The predicted molar refractivity (Wildman–Crippen MR) is 58.7 cm³/mol. The molecular weight excluding hydrogens is 193 g/mol. The van der Waals surface area contributed by atoms with Crippen molar-refractivity contribution in [2.45, 2.75) is 44.0 Å². The largest absolute Gasteiger partial charge is 0.370 e. The van der Waals surface area contributed by atoms with Crippen LogP contribution in [0.25, 0.3) is 0 Å². The molecule has 15 heavy (non-hydrogen) atoms. The Hall–Kier alpha value is -0.410. The van der Waals surface area contributed by atoms with Crippen molar-refractivity contribution in [3.8, 4) is 0 Å². The number of alkyl halides is 1. The summed E-state index contributed by atoms with van der Waals surface area (Å²) in [4.78, 5) is 2.17. The third-order valence-corrected chi connectivity index (χ3v) is 3.48. The van der Waals surface area contributed by atoms with Gasteiger partial charge in [-0.1, -0.05) is 12.7 Å². The van der Waals surface area contributed by atoms with E-state index in [4.69, 9.17) is 4.74 Å². The number of rotatable bonds is 2. The molecule has 1 atom stereocenters. The van der Waals surface area contributed by atoms with E-state index in [1.807, 2.05) is 0 Å². The normalized spacial score (nSPS) is 35.5. The van der Waals surface area contributed by atoms with Gasteiger partial charge in [0.1, 0.15) is 0 Å². The summed E-state index contributed by atoms with van der Waals surface area (Å²) in [7, 11) is 0. The average Bonchev–Trinajstić information content (AvgIpc) is 2.96. The molecule has 1 spiro atoms. The quantitative estimate of drug-likeness (QED) is 0.652. The number of halogens is 1. The van der Waals surface area contributed by atoms with E-state index in [-0.39, 0.29) is 12.2 Å². The van der Waals surface area contributed by atoms with Gasteiger partial charge in [-0.3, -0.25) is 4.90 Å². The van der Waals surface area contributed by atoms with E-state index < -0.39 is 5.67 Å². The number of hydrogen-bond acceptors (Lipinski definition) is 2. The van der Waals surface area contributed by atoms with Crippen molar-refractivity contribution in [2.24, 2.45) is 0 Å². The standard InChI is InChI=1S/C12H20FNO/c1-4-11(13)7-14(10(2)3)8-12(5-6-12)15-9-11/h4,10H,1,5-9H2,2-3H3/t11-/m0/s1. The first-order valence-corrected chi connectivity index (χ1v) is 5.69. The van der Waals surface area contributed by atoms with Gasteiger partial charge in [-0.2, -0.15) is 0 Å². The second-order valence-corrected chi connectivity index (χ2v) is 5.21. The first-order valence-electron chi connectivity index (χ1n) is 5.69. The molecule has 3 heteroatoms. The maximum Gasteiger partial charge on any atom is 0.164 e. The van der Waals surface area contributed by atoms with Crippen molar-refractivity contribution in [3.05, 3.63) is 12.7 Å². The summed E-state index contributed by atoms with van der Waals surface area (Å²) in [6, 6.07) is 0.360. The lowest BCUT2D eigenvalue weighted by Crippen LogP contribution is -2.43. The summed E-state index contributed by atoms with van der Waals surface area (Å²) in [6.45, 7) is 9.23. The highest BCUT2D eigenvalue weighted by atomic mass is 19.1. The molecule has 1 saturated heterocycles. The summed E-state index contributed by atoms with van der Waals surface area (Å²) < 4.78 is 20.0. The lowest BCUT2D eigenvalue weighted by atomic mass is 10.1. The Morgan fingerprint density at radius 2 is 2.07 bits per heavy atom. The highest BCUT2D eigenvalue weighted by Gasteiger charge is 2.50. The summed E-state index contributed by atoms with van der Waals surface area (Å²) in [5, 5.41) is 0. The molecule has 0 N–H and O–H groups in total. The predicted octanol–water partition coefficient (Wildman–Crippen LogP) is 2.15. The minimum atomic E-state index is -1.38. The first kappa shape index (κ1) is 11.1.